The molecule has 3 N–H and O–H groups in total. The van der Waals surface area contributed by atoms with Crippen molar-refractivity contribution in [2.24, 2.45) is 0 Å². The molecule has 1 aliphatic rings. The van der Waals surface area contributed by atoms with E-state index in [2.05, 4.69) is 16.0 Å². The molecule has 1 heterocycles. The molecule has 0 fully saturated rings. The maximum absolute atomic E-state index is 13.1. The van der Waals surface area contributed by atoms with Crippen molar-refractivity contribution in [2.45, 2.75) is 6.92 Å². The minimum Gasteiger partial charge on any atom is -0.354 e. The van der Waals surface area contributed by atoms with E-state index in [9.17, 15) is 14.4 Å². The fourth-order valence-corrected chi connectivity index (χ4v) is 4.20. The molecular weight excluding hydrogens is 490 g/mol. The number of hydrogen-bond acceptors (Lipinski definition) is 5. The fraction of sp³-hybridized carbons (Fsp3) is 0.179. The maximum Gasteiger partial charge on any atom is 0.258 e. The lowest BCUT2D eigenvalue weighted by atomic mass is 9.99. The van der Waals surface area contributed by atoms with E-state index in [0.717, 1.165) is 22.5 Å². The number of halogens is 1. The minimum absolute atomic E-state index is 0.0225. The van der Waals surface area contributed by atoms with Crippen molar-refractivity contribution in [2.75, 3.05) is 48.5 Å². The predicted molar refractivity (Wildman–Crippen MR) is 150 cm³/mol. The van der Waals surface area contributed by atoms with Crippen LogP contribution in [0.15, 0.2) is 66.7 Å². The molecule has 0 saturated heterocycles. The summed E-state index contributed by atoms with van der Waals surface area (Å²) in [6.45, 7) is 1.75. The van der Waals surface area contributed by atoms with Gasteiger partial charge in [-0.2, -0.15) is 0 Å². The van der Waals surface area contributed by atoms with E-state index in [1.807, 2.05) is 61.5 Å². The first kappa shape index (κ1) is 25.9. The van der Waals surface area contributed by atoms with Crippen LogP contribution in [0.3, 0.4) is 0 Å². The summed E-state index contributed by atoms with van der Waals surface area (Å²) in [5, 5.41) is 9.56. The van der Waals surface area contributed by atoms with Crippen LogP contribution >= 0.6 is 11.6 Å². The maximum atomic E-state index is 13.1. The first-order chi connectivity index (χ1) is 17.6. The lowest BCUT2D eigenvalue weighted by Crippen LogP contribution is -2.34. The van der Waals surface area contributed by atoms with Crippen molar-refractivity contribution < 1.29 is 14.4 Å². The predicted octanol–water partition coefficient (Wildman–Crippen LogP) is 4.76. The molecule has 9 heteroatoms. The molecule has 0 aliphatic carbocycles. The Morgan fingerprint density at radius 2 is 1.51 bits per heavy atom. The van der Waals surface area contributed by atoms with Crippen LogP contribution in [0.5, 0.6) is 0 Å². The Morgan fingerprint density at radius 1 is 0.892 bits per heavy atom. The zero-order valence-electron chi connectivity index (χ0n) is 21.1. The van der Waals surface area contributed by atoms with Crippen LogP contribution in [-0.2, 0) is 14.4 Å². The number of hydrogen-bond donors (Lipinski definition) is 3. The average Bonchev–Trinajstić information content (AvgIpc) is 3.16. The van der Waals surface area contributed by atoms with Gasteiger partial charge in [0.2, 0.25) is 11.8 Å². The van der Waals surface area contributed by atoms with Gasteiger partial charge in [-0.3, -0.25) is 14.4 Å². The number of benzene rings is 3. The largest absolute Gasteiger partial charge is 0.354 e. The average molecular weight is 518 g/mol. The van der Waals surface area contributed by atoms with Gasteiger partial charge in [0.15, 0.2) is 0 Å². The molecule has 3 amide bonds. The molecule has 3 aromatic carbocycles. The summed E-state index contributed by atoms with van der Waals surface area (Å²) in [5.74, 6) is -0.443. The molecule has 0 bridgehead atoms. The van der Waals surface area contributed by atoms with Gasteiger partial charge in [0.25, 0.3) is 5.91 Å². The third kappa shape index (κ3) is 5.99. The van der Waals surface area contributed by atoms with E-state index in [4.69, 9.17) is 11.6 Å². The zero-order chi connectivity index (χ0) is 26.7. The van der Waals surface area contributed by atoms with Crippen molar-refractivity contribution in [3.8, 4) is 0 Å². The summed E-state index contributed by atoms with van der Waals surface area (Å²) in [5.41, 5.74) is 5.33. The number of likely N-dealkylation sites (N-methyl/N-ethyl adjacent to an activating group) is 2. The number of nitrogens with one attached hydrogen (secondary N) is 3. The highest BCUT2D eigenvalue weighted by Crippen LogP contribution is 2.39. The standard InChI is InChI=1S/C28H28ClN5O3/c1-17(35)30-20-8-5-18(6-9-20)27(26-23-14-7-19(29)15-24(23)32-28(26)37)31-21-10-12-22(13-11-21)34(4)25(36)16-33(2)3/h5-15,31H,16H2,1-4H3,(H,30,35)(H,32,37). The van der Waals surface area contributed by atoms with Crippen LogP contribution in [0.1, 0.15) is 18.1 Å². The molecule has 1 aliphatic heterocycles. The summed E-state index contributed by atoms with van der Waals surface area (Å²) in [4.78, 5) is 40.4. The SMILES string of the molecule is CC(=O)Nc1ccc(C(Nc2ccc(N(C)C(=O)CN(C)C)cc2)=C2C(=O)Nc3cc(Cl)ccc32)cc1. The molecule has 8 nitrogen and oxygen atoms in total. The van der Waals surface area contributed by atoms with Gasteiger partial charge in [0, 0.05) is 41.6 Å². The molecular formula is C28H28ClN5O3. The second kappa shape index (κ2) is 10.9. The van der Waals surface area contributed by atoms with Gasteiger partial charge in [0.05, 0.1) is 23.5 Å². The van der Waals surface area contributed by atoms with E-state index in [1.165, 1.54) is 6.92 Å². The van der Waals surface area contributed by atoms with Gasteiger partial charge in [-0.1, -0.05) is 29.8 Å². The monoisotopic (exact) mass is 517 g/mol. The van der Waals surface area contributed by atoms with E-state index in [-0.39, 0.29) is 17.7 Å². The van der Waals surface area contributed by atoms with Crippen LogP contribution < -0.4 is 20.9 Å². The van der Waals surface area contributed by atoms with Crippen LogP contribution in [0.25, 0.3) is 11.3 Å². The second-order valence-electron chi connectivity index (χ2n) is 9.01. The number of carbonyl (C=O) groups excluding carboxylic acids is 3. The van der Waals surface area contributed by atoms with Gasteiger partial charge < -0.3 is 25.8 Å². The molecule has 0 saturated carbocycles. The van der Waals surface area contributed by atoms with Crippen molar-refractivity contribution in [3.05, 3.63) is 82.9 Å². The molecule has 37 heavy (non-hydrogen) atoms. The highest BCUT2D eigenvalue weighted by molar-refractivity contribution is 6.38. The number of carbonyl (C=O) groups is 3. The summed E-state index contributed by atoms with van der Waals surface area (Å²) in [6.07, 6.45) is 0. The summed E-state index contributed by atoms with van der Waals surface area (Å²) < 4.78 is 0. The van der Waals surface area contributed by atoms with E-state index < -0.39 is 0 Å². The van der Waals surface area contributed by atoms with Crippen LogP contribution in [-0.4, -0.2) is 50.3 Å². The van der Waals surface area contributed by atoms with E-state index in [1.54, 1.807) is 36.2 Å². The number of amides is 3. The topological polar surface area (TPSA) is 93.8 Å². The summed E-state index contributed by atoms with van der Waals surface area (Å²) in [7, 11) is 5.44. The Balaban J connectivity index is 1.72. The summed E-state index contributed by atoms with van der Waals surface area (Å²) in [6, 6.07) is 19.9. The Bertz CT molecular complexity index is 1380. The number of fused-ring (bicyclic) bond motifs is 1. The normalized spacial score (nSPS) is 13.6. The van der Waals surface area contributed by atoms with Gasteiger partial charge in [-0.25, -0.2) is 0 Å². The third-order valence-corrected chi connectivity index (χ3v) is 6.05. The second-order valence-corrected chi connectivity index (χ2v) is 9.45. The lowest BCUT2D eigenvalue weighted by Gasteiger charge is -2.20. The van der Waals surface area contributed by atoms with Crippen molar-refractivity contribution in [3.63, 3.8) is 0 Å². The third-order valence-electron chi connectivity index (χ3n) is 5.82. The highest BCUT2D eigenvalue weighted by atomic mass is 35.5. The smallest absolute Gasteiger partial charge is 0.258 e. The van der Waals surface area contributed by atoms with Crippen LogP contribution in [0, 0.1) is 0 Å². The number of anilines is 4. The van der Waals surface area contributed by atoms with Gasteiger partial charge in [0.1, 0.15) is 0 Å². The molecule has 190 valence electrons. The van der Waals surface area contributed by atoms with Crippen LogP contribution in [0.4, 0.5) is 22.7 Å². The Hall–Kier alpha value is -4.14. The minimum atomic E-state index is -0.253. The van der Waals surface area contributed by atoms with Crippen LogP contribution in [0.2, 0.25) is 5.02 Å². The first-order valence-electron chi connectivity index (χ1n) is 11.6. The Morgan fingerprint density at radius 3 is 2.14 bits per heavy atom. The van der Waals surface area contributed by atoms with Crippen molar-refractivity contribution in [1.82, 2.24) is 4.90 Å². The molecule has 4 rings (SSSR count). The zero-order valence-corrected chi connectivity index (χ0v) is 21.8. The molecule has 0 aromatic heterocycles. The molecule has 0 atom stereocenters. The Labute approximate surface area is 220 Å². The highest BCUT2D eigenvalue weighted by Gasteiger charge is 2.28. The van der Waals surface area contributed by atoms with Gasteiger partial charge in [-0.05, 0) is 68.2 Å². The molecule has 0 unspecified atom stereocenters. The van der Waals surface area contributed by atoms with E-state index >= 15 is 0 Å². The van der Waals surface area contributed by atoms with Gasteiger partial charge >= 0.3 is 0 Å². The fourth-order valence-electron chi connectivity index (χ4n) is 4.03. The van der Waals surface area contributed by atoms with Crippen molar-refractivity contribution in [1.29, 1.82) is 0 Å². The quantitative estimate of drug-likeness (QED) is 0.393. The lowest BCUT2D eigenvalue weighted by molar-refractivity contribution is -0.119. The van der Waals surface area contributed by atoms with Crippen molar-refractivity contribution >= 4 is 63.3 Å². The number of rotatable bonds is 7. The van der Waals surface area contributed by atoms with E-state index in [0.29, 0.717) is 34.2 Å². The summed E-state index contributed by atoms with van der Waals surface area (Å²) >= 11 is 6.15. The first-order valence-corrected chi connectivity index (χ1v) is 12.0. The molecule has 0 radical (unpaired) electrons. The Kier molecular flexibility index (Phi) is 7.61. The van der Waals surface area contributed by atoms with Gasteiger partial charge in [-0.15, -0.1) is 0 Å². The number of nitrogens with zero attached hydrogens (tertiary/aromatic N) is 2. The molecule has 3 aromatic rings. The molecule has 0 spiro atoms.